The number of nitrogen functional groups attached to an aromatic ring is 1. The summed E-state index contributed by atoms with van der Waals surface area (Å²) in [6.07, 6.45) is 2.36. The second kappa shape index (κ2) is 4.83. The minimum atomic E-state index is -0.462. The molecule has 5 heteroatoms. The van der Waals surface area contributed by atoms with Crippen molar-refractivity contribution in [2.45, 2.75) is 13.3 Å². The van der Waals surface area contributed by atoms with Crippen molar-refractivity contribution in [1.82, 2.24) is 4.98 Å². The molecule has 0 amide bonds. The molecule has 0 saturated carbocycles. The van der Waals surface area contributed by atoms with Crippen molar-refractivity contribution >= 4 is 11.4 Å². The van der Waals surface area contributed by atoms with Gasteiger partial charge in [0.2, 0.25) is 0 Å². The number of hydrogen-bond donors (Lipinski definition) is 1. The number of pyridine rings is 1. The summed E-state index contributed by atoms with van der Waals surface area (Å²) in [5.41, 5.74) is 8.56. The maximum atomic E-state index is 10.8. The van der Waals surface area contributed by atoms with Crippen molar-refractivity contribution in [2.24, 2.45) is 0 Å². The summed E-state index contributed by atoms with van der Waals surface area (Å²) in [6.45, 7) is 1.91. The minimum Gasteiger partial charge on any atom is -0.393 e. The molecule has 0 atom stereocenters. The summed E-state index contributed by atoms with van der Waals surface area (Å²) < 4.78 is 0. The highest BCUT2D eigenvalue weighted by Crippen LogP contribution is 2.23. The van der Waals surface area contributed by atoms with Crippen molar-refractivity contribution in [3.63, 3.8) is 0 Å². The lowest BCUT2D eigenvalue weighted by Gasteiger charge is -2.04. The van der Waals surface area contributed by atoms with E-state index >= 15 is 0 Å². The Morgan fingerprint density at radius 2 is 2.00 bits per heavy atom. The Hall–Kier alpha value is -2.43. The molecule has 0 aliphatic heterocycles. The van der Waals surface area contributed by atoms with Gasteiger partial charge in [0, 0.05) is 18.0 Å². The van der Waals surface area contributed by atoms with Gasteiger partial charge in [0.15, 0.2) is 0 Å². The smallest absolute Gasteiger partial charge is 0.292 e. The molecule has 0 radical (unpaired) electrons. The number of nitrogens with zero attached hydrogens (tertiary/aromatic N) is 2. The van der Waals surface area contributed by atoms with Gasteiger partial charge >= 0.3 is 0 Å². The van der Waals surface area contributed by atoms with Crippen LogP contribution in [0.4, 0.5) is 11.4 Å². The SMILES string of the molecule is Cc1cc(Cc2ccc(N)c([N+](=O)[O-])c2)ccn1. The van der Waals surface area contributed by atoms with Gasteiger partial charge in [-0.15, -0.1) is 0 Å². The van der Waals surface area contributed by atoms with Crippen molar-refractivity contribution < 1.29 is 4.92 Å². The van der Waals surface area contributed by atoms with Gasteiger partial charge in [-0.1, -0.05) is 6.07 Å². The Morgan fingerprint density at radius 1 is 1.28 bits per heavy atom. The van der Waals surface area contributed by atoms with Crippen LogP contribution in [0.5, 0.6) is 0 Å². The molecule has 18 heavy (non-hydrogen) atoms. The summed E-state index contributed by atoms with van der Waals surface area (Å²) >= 11 is 0. The normalized spacial score (nSPS) is 10.3. The van der Waals surface area contributed by atoms with Gasteiger partial charge in [0.1, 0.15) is 5.69 Å². The number of nitro groups is 1. The van der Waals surface area contributed by atoms with E-state index in [1.165, 1.54) is 6.07 Å². The molecule has 2 aromatic rings. The van der Waals surface area contributed by atoms with Crippen molar-refractivity contribution in [2.75, 3.05) is 5.73 Å². The van der Waals surface area contributed by atoms with Crippen LogP contribution in [0.15, 0.2) is 36.5 Å². The molecule has 5 nitrogen and oxygen atoms in total. The summed E-state index contributed by atoms with van der Waals surface area (Å²) in [5, 5.41) is 10.8. The first-order valence-corrected chi connectivity index (χ1v) is 5.50. The van der Waals surface area contributed by atoms with Crippen molar-refractivity contribution in [1.29, 1.82) is 0 Å². The van der Waals surface area contributed by atoms with E-state index in [-0.39, 0.29) is 11.4 Å². The predicted octanol–water partition coefficient (Wildman–Crippen LogP) is 2.47. The van der Waals surface area contributed by atoms with E-state index in [2.05, 4.69) is 4.98 Å². The summed E-state index contributed by atoms with van der Waals surface area (Å²) in [6, 6.07) is 8.75. The van der Waals surface area contributed by atoms with E-state index < -0.39 is 4.92 Å². The number of rotatable bonds is 3. The summed E-state index contributed by atoms with van der Waals surface area (Å²) in [5.74, 6) is 0. The standard InChI is InChI=1S/C13H13N3O2/c1-9-6-11(4-5-15-9)7-10-2-3-12(14)13(8-10)16(17)18/h2-6,8H,7,14H2,1H3. The Kier molecular flexibility index (Phi) is 3.23. The molecule has 1 aromatic carbocycles. The quantitative estimate of drug-likeness (QED) is 0.510. The monoisotopic (exact) mass is 243 g/mol. The predicted molar refractivity (Wildman–Crippen MR) is 69.3 cm³/mol. The second-order valence-electron chi connectivity index (χ2n) is 4.13. The van der Waals surface area contributed by atoms with Crippen LogP contribution in [0.25, 0.3) is 0 Å². The summed E-state index contributed by atoms with van der Waals surface area (Å²) in [4.78, 5) is 14.4. The molecule has 0 unspecified atom stereocenters. The minimum absolute atomic E-state index is 0.0433. The van der Waals surface area contributed by atoms with Crippen LogP contribution in [0.2, 0.25) is 0 Å². The molecule has 92 valence electrons. The molecule has 0 saturated heterocycles. The Labute approximate surface area is 104 Å². The molecular formula is C13H13N3O2. The largest absolute Gasteiger partial charge is 0.393 e. The van der Waals surface area contributed by atoms with E-state index in [9.17, 15) is 10.1 Å². The van der Waals surface area contributed by atoms with Crippen LogP contribution < -0.4 is 5.73 Å². The average Bonchev–Trinajstić information content (AvgIpc) is 2.31. The highest BCUT2D eigenvalue weighted by atomic mass is 16.6. The van der Waals surface area contributed by atoms with Gasteiger partial charge < -0.3 is 5.73 Å². The maximum absolute atomic E-state index is 10.8. The summed E-state index contributed by atoms with van der Waals surface area (Å²) in [7, 11) is 0. The van der Waals surface area contributed by atoms with Crippen LogP contribution in [-0.2, 0) is 6.42 Å². The molecule has 1 heterocycles. The van der Waals surface area contributed by atoms with E-state index in [1.54, 1.807) is 18.3 Å². The van der Waals surface area contributed by atoms with Gasteiger partial charge in [-0.3, -0.25) is 15.1 Å². The van der Waals surface area contributed by atoms with Gasteiger partial charge in [-0.05, 0) is 42.7 Å². The number of benzene rings is 1. The van der Waals surface area contributed by atoms with Gasteiger partial charge in [0.05, 0.1) is 4.92 Å². The zero-order valence-corrected chi connectivity index (χ0v) is 9.96. The third-order valence-electron chi connectivity index (χ3n) is 2.66. The lowest BCUT2D eigenvalue weighted by Crippen LogP contribution is -1.98. The number of aromatic nitrogens is 1. The van der Waals surface area contributed by atoms with Crippen LogP contribution >= 0.6 is 0 Å². The zero-order chi connectivity index (χ0) is 13.1. The van der Waals surface area contributed by atoms with Gasteiger partial charge in [0.25, 0.3) is 5.69 Å². The van der Waals surface area contributed by atoms with Crippen LogP contribution in [0, 0.1) is 17.0 Å². The first-order valence-electron chi connectivity index (χ1n) is 5.50. The molecular weight excluding hydrogens is 230 g/mol. The lowest BCUT2D eigenvalue weighted by molar-refractivity contribution is -0.383. The first-order chi connectivity index (χ1) is 8.56. The Morgan fingerprint density at radius 3 is 2.67 bits per heavy atom. The van der Waals surface area contributed by atoms with Crippen LogP contribution in [-0.4, -0.2) is 9.91 Å². The average molecular weight is 243 g/mol. The molecule has 2 rings (SSSR count). The molecule has 2 N–H and O–H groups in total. The molecule has 0 spiro atoms. The van der Waals surface area contributed by atoms with E-state index in [0.29, 0.717) is 6.42 Å². The van der Waals surface area contributed by atoms with E-state index in [4.69, 9.17) is 5.73 Å². The number of anilines is 1. The number of aryl methyl sites for hydroxylation is 1. The number of hydrogen-bond acceptors (Lipinski definition) is 4. The fraction of sp³-hybridized carbons (Fsp3) is 0.154. The third-order valence-corrected chi connectivity index (χ3v) is 2.66. The fourth-order valence-electron chi connectivity index (χ4n) is 1.81. The number of nitro benzene ring substituents is 1. The lowest BCUT2D eigenvalue weighted by atomic mass is 10.0. The molecule has 0 aliphatic carbocycles. The van der Waals surface area contributed by atoms with Crippen LogP contribution in [0.3, 0.4) is 0 Å². The maximum Gasteiger partial charge on any atom is 0.292 e. The second-order valence-corrected chi connectivity index (χ2v) is 4.13. The Bertz CT molecular complexity index is 597. The molecule has 1 aromatic heterocycles. The third kappa shape index (κ3) is 2.63. The highest BCUT2D eigenvalue weighted by Gasteiger charge is 2.11. The topological polar surface area (TPSA) is 82.0 Å². The molecule has 0 aliphatic rings. The van der Waals surface area contributed by atoms with E-state index in [1.807, 2.05) is 19.1 Å². The first kappa shape index (κ1) is 12.0. The highest BCUT2D eigenvalue weighted by molar-refractivity contribution is 5.59. The molecule has 0 bridgehead atoms. The van der Waals surface area contributed by atoms with Crippen molar-refractivity contribution in [3.8, 4) is 0 Å². The number of nitrogens with two attached hydrogens (primary N) is 1. The van der Waals surface area contributed by atoms with Crippen LogP contribution in [0.1, 0.15) is 16.8 Å². The molecule has 0 fully saturated rings. The Balaban J connectivity index is 2.30. The fourth-order valence-corrected chi connectivity index (χ4v) is 1.81. The van der Waals surface area contributed by atoms with Crippen molar-refractivity contribution in [3.05, 3.63) is 63.5 Å². The zero-order valence-electron chi connectivity index (χ0n) is 9.96. The van der Waals surface area contributed by atoms with E-state index in [0.717, 1.165) is 16.8 Å². The van der Waals surface area contributed by atoms with Gasteiger partial charge in [-0.25, -0.2) is 0 Å². The van der Waals surface area contributed by atoms with Gasteiger partial charge in [-0.2, -0.15) is 0 Å².